The molecule has 108 valence electrons. The lowest BCUT2D eigenvalue weighted by atomic mass is 10.1. The third-order valence-corrected chi connectivity index (χ3v) is 3.30. The number of hydrogen-bond acceptors (Lipinski definition) is 4. The average Bonchev–Trinajstić information content (AvgIpc) is 2.53. The van der Waals surface area contributed by atoms with Gasteiger partial charge in [0.2, 0.25) is 5.91 Å². The normalized spacial score (nSPS) is 12.8. The van der Waals surface area contributed by atoms with Crippen molar-refractivity contribution < 1.29 is 14.3 Å². The third-order valence-electron chi connectivity index (χ3n) is 3.30. The second-order valence-corrected chi connectivity index (χ2v) is 4.74. The van der Waals surface area contributed by atoms with Gasteiger partial charge in [0.05, 0.1) is 0 Å². The first-order valence-corrected chi connectivity index (χ1v) is 6.75. The number of rotatable bonds is 4. The molecule has 0 unspecified atom stereocenters. The highest BCUT2D eigenvalue weighted by atomic mass is 16.6. The number of nitrogens with two attached hydrogens (primary N) is 1. The van der Waals surface area contributed by atoms with E-state index < -0.39 is 5.91 Å². The summed E-state index contributed by atoms with van der Waals surface area (Å²) in [6, 6.07) is 12.9. The molecule has 1 aliphatic heterocycles. The van der Waals surface area contributed by atoms with Crippen molar-refractivity contribution in [2.45, 2.75) is 6.54 Å². The fourth-order valence-electron chi connectivity index (χ4n) is 2.22. The fourth-order valence-corrected chi connectivity index (χ4v) is 2.22. The van der Waals surface area contributed by atoms with E-state index in [0.29, 0.717) is 25.3 Å². The zero-order valence-corrected chi connectivity index (χ0v) is 11.5. The summed E-state index contributed by atoms with van der Waals surface area (Å²) in [6.45, 7) is 1.76. The van der Waals surface area contributed by atoms with E-state index in [9.17, 15) is 4.79 Å². The van der Waals surface area contributed by atoms with Gasteiger partial charge in [-0.1, -0.05) is 12.1 Å². The molecule has 1 amide bonds. The lowest BCUT2D eigenvalue weighted by Gasteiger charge is -2.21. The van der Waals surface area contributed by atoms with Crippen LogP contribution in [0.4, 0.5) is 5.69 Å². The second kappa shape index (κ2) is 5.75. The zero-order chi connectivity index (χ0) is 14.7. The van der Waals surface area contributed by atoms with E-state index in [1.54, 1.807) is 12.1 Å². The molecule has 0 aromatic heterocycles. The summed E-state index contributed by atoms with van der Waals surface area (Å²) in [7, 11) is 0. The van der Waals surface area contributed by atoms with E-state index in [1.807, 2.05) is 30.3 Å². The maximum atomic E-state index is 11.0. The highest BCUT2D eigenvalue weighted by molar-refractivity contribution is 5.93. The number of para-hydroxylation sites is 1. The highest BCUT2D eigenvalue weighted by Crippen LogP contribution is 2.33. The molecular weight excluding hydrogens is 268 g/mol. The largest absolute Gasteiger partial charge is 0.486 e. The van der Waals surface area contributed by atoms with Crippen LogP contribution < -0.4 is 20.5 Å². The highest BCUT2D eigenvalue weighted by Gasteiger charge is 2.15. The maximum Gasteiger partial charge on any atom is 0.248 e. The lowest BCUT2D eigenvalue weighted by molar-refractivity contribution is 0.100. The van der Waals surface area contributed by atoms with Gasteiger partial charge >= 0.3 is 0 Å². The van der Waals surface area contributed by atoms with Crippen molar-refractivity contribution in [2.75, 3.05) is 18.5 Å². The van der Waals surface area contributed by atoms with Gasteiger partial charge in [-0.2, -0.15) is 0 Å². The second-order valence-electron chi connectivity index (χ2n) is 4.74. The van der Waals surface area contributed by atoms with Gasteiger partial charge in [-0.25, -0.2) is 0 Å². The number of fused-ring (bicyclic) bond motifs is 1. The van der Waals surface area contributed by atoms with Crippen molar-refractivity contribution in [3.63, 3.8) is 0 Å². The van der Waals surface area contributed by atoms with E-state index in [2.05, 4.69) is 5.32 Å². The Kier molecular flexibility index (Phi) is 3.64. The van der Waals surface area contributed by atoms with Crippen molar-refractivity contribution in [1.29, 1.82) is 0 Å². The van der Waals surface area contributed by atoms with Crippen molar-refractivity contribution >= 4 is 11.6 Å². The van der Waals surface area contributed by atoms with Gasteiger partial charge in [0.25, 0.3) is 0 Å². The molecule has 0 radical (unpaired) electrons. The van der Waals surface area contributed by atoms with Crippen LogP contribution in [0, 0.1) is 0 Å². The molecule has 0 aliphatic carbocycles. The van der Waals surface area contributed by atoms with Crippen molar-refractivity contribution in [1.82, 2.24) is 0 Å². The van der Waals surface area contributed by atoms with Crippen molar-refractivity contribution in [2.24, 2.45) is 5.73 Å². The summed E-state index contributed by atoms with van der Waals surface area (Å²) in [4.78, 5) is 11.0. The fraction of sp³-hybridized carbons (Fsp3) is 0.188. The van der Waals surface area contributed by atoms with Crippen LogP contribution in [0.1, 0.15) is 15.9 Å². The van der Waals surface area contributed by atoms with Crippen LogP contribution in [0.3, 0.4) is 0 Å². The Morgan fingerprint density at radius 2 is 1.86 bits per heavy atom. The number of nitrogens with one attached hydrogen (secondary N) is 1. The summed E-state index contributed by atoms with van der Waals surface area (Å²) >= 11 is 0. The van der Waals surface area contributed by atoms with Crippen LogP contribution in [-0.2, 0) is 6.54 Å². The first kappa shape index (κ1) is 13.3. The first-order valence-electron chi connectivity index (χ1n) is 6.75. The van der Waals surface area contributed by atoms with Crippen LogP contribution in [0.2, 0.25) is 0 Å². The number of ether oxygens (including phenoxy) is 2. The van der Waals surface area contributed by atoms with Crippen LogP contribution in [0.15, 0.2) is 42.5 Å². The topological polar surface area (TPSA) is 73.6 Å². The minimum absolute atomic E-state index is 0.427. The predicted octanol–water partition coefficient (Wildman–Crippen LogP) is 2.17. The molecule has 21 heavy (non-hydrogen) atoms. The molecule has 1 heterocycles. The molecule has 0 saturated heterocycles. The molecule has 3 rings (SSSR count). The summed E-state index contributed by atoms with van der Waals surface area (Å²) in [6.07, 6.45) is 0. The lowest BCUT2D eigenvalue weighted by Crippen LogP contribution is -2.17. The van der Waals surface area contributed by atoms with E-state index in [1.165, 1.54) is 0 Å². The number of amides is 1. The molecule has 0 fully saturated rings. The molecule has 5 nitrogen and oxygen atoms in total. The number of benzene rings is 2. The number of carbonyl (C=O) groups excluding carboxylic acids is 1. The average molecular weight is 284 g/mol. The number of anilines is 1. The van der Waals surface area contributed by atoms with Crippen LogP contribution in [0.25, 0.3) is 0 Å². The van der Waals surface area contributed by atoms with E-state index >= 15 is 0 Å². The smallest absolute Gasteiger partial charge is 0.248 e. The molecule has 0 spiro atoms. The molecule has 0 saturated carbocycles. The Hall–Kier alpha value is -2.69. The van der Waals surface area contributed by atoms with Crippen LogP contribution >= 0.6 is 0 Å². The Morgan fingerprint density at radius 3 is 2.62 bits per heavy atom. The molecule has 3 N–H and O–H groups in total. The van der Waals surface area contributed by atoms with E-state index in [-0.39, 0.29) is 0 Å². The molecule has 0 atom stereocenters. The number of carbonyl (C=O) groups is 1. The minimum atomic E-state index is -0.427. The van der Waals surface area contributed by atoms with Gasteiger partial charge < -0.3 is 20.5 Å². The van der Waals surface area contributed by atoms with Crippen molar-refractivity contribution in [3.05, 3.63) is 53.6 Å². The van der Waals surface area contributed by atoms with Gasteiger partial charge in [-0.15, -0.1) is 0 Å². The predicted molar refractivity (Wildman–Crippen MR) is 79.7 cm³/mol. The van der Waals surface area contributed by atoms with Crippen LogP contribution in [-0.4, -0.2) is 19.1 Å². The monoisotopic (exact) mass is 284 g/mol. The Balaban J connectivity index is 1.71. The molecule has 0 bridgehead atoms. The first-order chi connectivity index (χ1) is 10.2. The van der Waals surface area contributed by atoms with Crippen LogP contribution in [0.5, 0.6) is 11.5 Å². The van der Waals surface area contributed by atoms with E-state index in [4.69, 9.17) is 15.2 Å². The third kappa shape index (κ3) is 2.91. The molecule has 2 aromatic carbocycles. The Bertz CT molecular complexity index is 653. The summed E-state index contributed by atoms with van der Waals surface area (Å²) in [5.74, 6) is 1.15. The summed E-state index contributed by atoms with van der Waals surface area (Å²) in [5.41, 5.74) is 7.66. The molecule has 1 aliphatic rings. The quantitative estimate of drug-likeness (QED) is 0.902. The van der Waals surface area contributed by atoms with Crippen molar-refractivity contribution in [3.8, 4) is 11.5 Å². The SMILES string of the molecule is NC(=O)c1ccc(NCc2cccc3c2OCCO3)cc1. The summed E-state index contributed by atoms with van der Waals surface area (Å²) in [5, 5.41) is 3.29. The van der Waals surface area contributed by atoms with Gasteiger partial charge in [-0.05, 0) is 30.3 Å². The van der Waals surface area contributed by atoms with Gasteiger partial charge in [0.1, 0.15) is 13.2 Å². The maximum absolute atomic E-state index is 11.0. The Labute approximate surface area is 122 Å². The zero-order valence-electron chi connectivity index (χ0n) is 11.5. The Morgan fingerprint density at radius 1 is 1.10 bits per heavy atom. The molecular formula is C16H16N2O3. The minimum Gasteiger partial charge on any atom is -0.486 e. The van der Waals surface area contributed by atoms with Gasteiger partial charge in [0, 0.05) is 23.4 Å². The number of hydrogen-bond donors (Lipinski definition) is 2. The number of primary amides is 1. The summed E-state index contributed by atoms with van der Waals surface area (Å²) < 4.78 is 11.2. The van der Waals surface area contributed by atoms with Gasteiger partial charge in [-0.3, -0.25) is 4.79 Å². The standard InChI is InChI=1S/C16H16N2O3/c17-16(19)11-4-6-13(7-5-11)18-10-12-2-1-3-14-15(12)21-9-8-20-14/h1-7,18H,8-10H2,(H2,17,19). The van der Waals surface area contributed by atoms with E-state index in [0.717, 1.165) is 22.7 Å². The molecule has 2 aromatic rings. The molecule has 5 heteroatoms. The van der Waals surface area contributed by atoms with Gasteiger partial charge in [0.15, 0.2) is 11.5 Å².